The number of hydrogen-bond donors (Lipinski definition) is 1. The van der Waals surface area contributed by atoms with Crippen LogP contribution in [0.25, 0.3) is 11.1 Å². The molecule has 0 amide bonds. The smallest absolute Gasteiger partial charge is 0.263 e. The van der Waals surface area contributed by atoms with Crippen LogP contribution in [0.4, 0.5) is 5.82 Å². The molecule has 0 radical (unpaired) electrons. The van der Waals surface area contributed by atoms with Crippen molar-refractivity contribution in [3.05, 3.63) is 78.5 Å². The molecule has 0 atom stereocenters. The molecule has 0 spiro atoms. The summed E-state index contributed by atoms with van der Waals surface area (Å²) in [6, 6.07) is 20.1. The lowest BCUT2D eigenvalue weighted by molar-refractivity contribution is 0.601. The molecule has 0 aliphatic carbocycles. The van der Waals surface area contributed by atoms with Gasteiger partial charge in [0.15, 0.2) is 0 Å². The summed E-state index contributed by atoms with van der Waals surface area (Å²) < 4.78 is 27.3. The predicted octanol–water partition coefficient (Wildman–Crippen LogP) is 3.86. The SMILES string of the molecule is Cc1ccnc(NS(=O)(=O)c2ccc(-c3ccccc3)cc2)c1. The molecule has 3 aromatic rings. The first kappa shape index (κ1) is 15.2. The molecular weight excluding hydrogens is 308 g/mol. The summed E-state index contributed by atoms with van der Waals surface area (Å²) >= 11 is 0. The maximum Gasteiger partial charge on any atom is 0.263 e. The number of nitrogens with one attached hydrogen (secondary N) is 1. The molecule has 4 nitrogen and oxygen atoms in total. The van der Waals surface area contributed by atoms with Crippen molar-refractivity contribution >= 4 is 15.8 Å². The zero-order chi connectivity index (χ0) is 16.3. The maximum absolute atomic E-state index is 12.4. The first-order valence-corrected chi connectivity index (χ1v) is 8.64. The van der Waals surface area contributed by atoms with Crippen LogP contribution in [-0.2, 0) is 10.0 Å². The fraction of sp³-hybridized carbons (Fsp3) is 0.0556. The van der Waals surface area contributed by atoms with E-state index in [4.69, 9.17) is 0 Å². The molecule has 5 heteroatoms. The zero-order valence-corrected chi connectivity index (χ0v) is 13.4. The van der Waals surface area contributed by atoms with Gasteiger partial charge in [-0.15, -0.1) is 0 Å². The number of nitrogens with zero attached hydrogens (tertiary/aromatic N) is 1. The molecule has 1 heterocycles. The predicted molar refractivity (Wildman–Crippen MR) is 91.7 cm³/mol. The summed E-state index contributed by atoms with van der Waals surface area (Å²) in [5.74, 6) is 0.317. The highest BCUT2D eigenvalue weighted by Gasteiger charge is 2.14. The minimum atomic E-state index is -3.64. The highest BCUT2D eigenvalue weighted by molar-refractivity contribution is 7.92. The second-order valence-electron chi connectivity index (χ2n) is 5.21. The Bertz CT molecular complexity index is 905. The number of benzene rings is 2. The first-order valence-electron chi connectivity index (χ1n) is 7.15. The Morgan fingerprint density at radius 3 is 2.17 bits per heavy atom. The van der Waals surface area contributed by atoms with Gasteiger partial charge >= 0.3 is 0 Å². The van der Waals surface area contributed by atoms with E-state index in [-0.39, 0.29) is 4.90 Å². The highest BCUT2D eigenvalue weighted by Crippen LogP contribution is 2.22. The monoisotopic (exact) mass is 324 g/mol. The van der Waals surface area contributed by atoms with Crippen LogP contribution in [0.3, 0.4) is 0 Å². The number of aromatic nitrogens is 1. The van der Waals surface area contributed by atoms with E-state index in [2.05, 4.69) is 9.71 Å². The molecule has 2 aromatic carbocycles. The van der Waals surface area contributed by atoms with E-state index >= 15 is 0 Å². The van der Waals surface area contributed by atoms with Crippen LogP contribution in [0.2, 0.25) is 0 Å². The molecular formula is C18H16N2O2S. The van der Waals surface area contributed by atoms with Gasteiger partial charge in [0, 0.05) is 6.20 Å². The number of anilines is 1. The summed E-state index contributed by atoms with van der Waals surface area (Å²) in [4.78, 5) is 4.23. The Balaban J connectivity index is 1.86. The summed E-state index contributed by atoms with van der Waals surface area (Å²) in [6.07, 6.45) is 1.58. The van der Waals surface area contributed by atoms with Crippen molar-refractivity contribution in [1.82, 2.24) is 4.98 Å². The third-order valence-corrected chi connectivity index (χ3v) is 4.80. The van der Waals surface area contributed by atoms with E-state index in [1.165, 1.54) is 0 Å². The third-order valence-electron chi connectivity index (χ3n) is 3.43. The number of hydrogen-bond acceptors (Lipinski definition) is 3. The largest absolute Gasteiger partial charge is 0.263 e. The standard InChI is InChI=1S/C18H16N2O2S/c1-14-11-12-19-18(13-14)20-23(21,22)17-9-7-16(8-10-17)15-5-3-2-4-6-15/h2-13H,1H3,(H,19,20). The fourth-order valence-corrected chi connectivity index (χ4v) is 3.24. The first-order chi connectivity index (χ1) is 11.0. The average molecular weight is 324 g/mol. The topological polar surface area (TPSA) is 59.1 Å². The normalized spacial score (nSPS) is 11.2. The van der Waals surface area contributed by atoms with Crippen molar-refractivity contribution in [2.24, 2.45) is 0 Å². The van der Waals surface area contributed by atoms with Crippen molar-refractivity contribution in [1.29, 1.82) is 0 Å². The highest BCUT2D eigenvalue weighted by atomic mass is 32.2. The van der Waals surface area contributed by atoms with Crippen LogP contribution in [0, 0.1) is 6.92 Å². The summed E-state index contributed by atoms with van der Waals surface area (Å²) in [5, 5.41) is 0. The molecule has 23 heavy (non-hydrogen) atoms. The van der Waals surface area contributed by atoms with E-state index in [0.29, 0.717) is 5.82 Å². The van der Waals surface area contributed by atoms with Crippen molar-refractivity contribution in [3.8, 4) is 11.1 Å². The molecule has 0 saturated heterocycles. The lowest BCUT2D eigenvalue weighted by atomic mass is 10.1. The van der Waals surface area contributed by atoms with Gasteiger partial charge in [-0.1, -0.05) is 42.5 Å². The summed E-state index contributed by atoms with van der Waals surface area (Å²) in [7, 11) is -3.64. The lowest BCUT2D eigenvalue weighted by Gasteiger charge is -2.08. The Labute approximate surface area is 135 Å². The van der Waals surface area contributed by atoms with Gasteiger partial charge in [-0.05, 0) is 47.9 Å². The van der Waals surface area contributed by atoms with Crippen LogP contribution in [0.5, 0.6) is 0 Å². The van der Waals surface area contributed by atoms with Crippen molar-refractivity contribution < 1.29 is 8.42 Å². The maximum atomic E-state index is 12.4. The molecule has 1 N–H and O–H groups in total. The van der Waals surface area contributed by atoms with Gasteiger partial charge in [0.2, 0.25) is 0 Å². The molecule has 116 valence electrons. The van der Waals surface area contributed by atoms with Crippen molar-refractivity contribution in [2.45, 2.75) is 11.8 Å². The minimum absolute atomic E-state index is 0.209. The van der Waals surface area contributed by atoms with Crippen LogP contribution in [0.1, 0.15) is 5.56 Å². The second kappa shape index (κ2) is 6.22. The number of aryl methyl sites for hydroxylation is 1. The Hall–Kier alpha value is -2.66. The number of rotatable bonds is 4. The van der Waals surface area contributed by atoms with E-state index < -0.39 is 10.0 Å². The molecule has 0 bridgehead atoms. The molecule has 0 unspecified atom stereocenters. The fourth-order valence-electron chi connectivity index (χ4n) is 2.25. The van der Waals surface area contributed by atoms with E-state index in [9.17, 15) is 8.42 Å². The van der Waals surface area contributed by atoms with Gasteiger partial charge < -0.3 is 0 Å². The molecule has 0 saturated carbocycles. The average Bonchev–Trinajstić information content (AvgIpc) is 2.55. The summed E-state index contributed by atoms with van der Waals surface area (Å²) in [5.41, 5.74) is 2.96. The van der Waals surface area contributed by atoms with Crippen LogP contribution < -0.4 is 4.72 Å². The van der Waals surface area contributed by atoms with Gasteiger partial charge in [0.25, 0.3) is 10.0 Å². The zero-order valence-electron chi connectivity index (χ0n) is 12.6. The van der Waals surface area contributed by atoms with Crippen LogP contribution in [0.15, 0.2) is 77.8 Å². The molecule has 0 fully saturated rings. The Morgan fingerprint density at radius 2 is 1.52 bits per heavy atom. The van der Waals surface area contributed by atoms with Gasteiger partial charge in [-0.25, -0.2) is 13.4 Å². The molecule has 1 aromatic heterocycles. The van der Waals surface area contributed by atoms with E-state index in [1.807, 2.05) is 43.3 Å². The molecule has 0 aliphatic rings. The van der Waals surface area contributed by atoms with Gasteiger partial charge in [-0.3, -0.25) is 4.72 Å². The van der Waals surface area contributed by atoms with Crippen LogP contribution in [-0.4, -0.2) is 13.4 Å². The van der Waals surface area contributed by atoms with Gasteiger partial charge in [-0.2, -0.15) is 0 Å². The Morgan fingerprint density at radius 1 is 0.870 bits per heavy atom. The van der Waals surface area contributed by atoms with Gasteiger partial charge in [0.1, 0.15) is 5.82 Å². The van der Waals surface area contributed by atoms with Crippen molar-refractivity contribution in [3.63, 3.8) is 0 Å². The third kappa shape index (κ3) is 3.57. The molecule has 3 rings (SSSR count). The minimum Gasteiger partial charge on any atom is -0.263 e. The summed E-state index contributed by atoms with van der Waals surface area (Å²) in [6.45, 7) is 1.88. The van der Waals surface area contributed by atoms with Crippen molar-refractivity contribution in [2.75, 3.05) is 4.72 Å². The van der Waals surface area contributed by atoms with E-state index in [0.717, 1.165) is 16.7 Å². The lowest BCUT2D eigenvalue weighted by Crippen LogP contribution is -2.13. The van der Waals surface area contributed by atoms with Gasteiger partial charge in [0.05, 0.1) is 4.90 Å². The van der Waals surface area contributed by atoms with Crippen LogP contribution >= 0.6 is 0 Å². The number of pyridine rings is 1. The quantitative estimate of drug-likeness (QED) is 0.793. The second-order valence-corrected chi connectivity index (χ2v) is 6.90. The Kier molecular flexibility index (Phi) is 4.12. The van der Waals surface area contributed by atoms with E-state index in [1.54, 1.807) is 36.5 Å². The molecule has 0 aliphatic heterocycles. The number of sulfonamides is 1.